The van der Waals surface area contributed by atoms with E-state index in [9.17, 15) is 0 Å². The van der Waals surface area contributed by atoms with Gasteiger partial charge in [0.1, 0.15) is 0 Å². The number of hydrogen-bond donors (Lipinski definition) is 1. The van der Waals surface area contributed by atoms with E-state index in [4.69, 9.17) is 15.2 Å². The van der Waals surface area contributed by atoms with Gasteiger partial charge < -0.3 is 15.2 Å². The maximum absolute atomic E-state index is 5.90. The lowest BCUT2D eigenvalue weighted by Gasteiger charge is -2.42. The summed E-state index contributed by atoms with van der Waals surface area (Å²) >= 11 is 0. The molecule has 3 atom stereocenters. The van der Waals surface area contributed by atoms with Gasteiger partial charge in [0.2, 0.25) is 0 Å². The maximum atomic E-state index is 5.90. The maximum Gasteiger partial charge on any atom is 0.0703 e. The standard InChI is InChI=1S/C12H26N2O2/c1-5-15-9-12(3,8-13)14(4)11-6-7-16-10(11)2/h10-11H,5-9,13H2,1-4H3. The van der Waals surface area contributed by atoms with E-state index in [1.807, 2.05) is 6.92 Å². The van der Waals surface area contributed by atoms with Gasteiger partial charge >= 0.3 is 0 Å². The van der Waals surface area contributed by atoms with E-state index in [2.05, 4.69) is 25.8 Å². The minimum Gasteiger partial charge on any atom is -0.380 e. The highest BCUT2D eigenvalue weighted by Crippen LogP contribution is 2.25. The van der Waals surface area contributed by atoms with Crippen molar-refractivity contribution in [1.82, 2.24) is 4.90 Å². The van der Waals surface area contributed by atoms with Crippen LogP contribution in [0.4, 0.5) is 0 Å². The van der Waals surface area contributed by atoms with E-state index in [0.29, 0.717) is 19.2 Å². The molecule has 0 radical (unpaired) electrons. The van der Waals surface area contributed by atoms with Crippen molar-refractivity contribution in [1.29, 1.82) is 0 Å². The van der Waals surface area contributed by atoms with E-state index >= 15 is 0 Å². The number of nitrogens with zero attached hydrogens (tertiary/aromatic N) is 1. The Hall–Kier alpha value is -0.160. The number of nitrogens with two attached hydrogens (primary N) is 1. The molecule has 1 heterocycles. The first kappa shape index (κ1) is 13.9. The van der Waals surface area contributed by atoms with Crippen LogP contribution in [-0.2, 0) is 9.47 Å². The summed E-state index contributed by atoms with van der Waals surface area (Å²) in [5, 5.41) is 0. The van der Waals surface area contributed by atoms with Gasteiger partial charge in [-0.2, -0.15) is 0 Å². The second-order valence-corrected chi connectivity index (χ2v) is 4.88. The average Bonchev–Trinajstić information content (AvgIpc) is 2.71. The fraction of sp³-hybridized carbons (Fsp3) is 1.00. The van der Waals surface area contributed by atoms with Crippen molar-refractivity contribution in [3.63, 3.8) is 0 Å². The minimum absolute atomic E-state index is 0.0946. The minimum atomic E-state index is -0.0946. The molecular weight excluding hydrogens is 204 g/mol. The molecule has 16 heavy (non-hydrogen) atoms. The third kappa shape index (κ3) is 2.94. The Morgan fingerprint density at radius 1 is 1.56 bits per heavy atom. The first-order valence-corrected chi connectivity index (χ1v) is 6.17. The zero-order valence-corrected chi connectivity index (χ0v) is 11.0. The monoisotopic (exact) mass is 230 g/mol. The van der Waals surface area contributed by atoms with Crippen molar-refractivity contribution in [3.8, 4) is 0 Å². The number of rotatable bonds is 6. The first-order valence-electron chi connectivity index (χ1n) is 6.17. The van der Waals surface area contributed by atoms with Crippen LogP contribution >= 0.6 is 0 Å². The van der Waals surface area contributed by atoms with Crippen molar-refractivity contribution >= 4 is 0 Å². The number of ether oxygens (including phenoxy) is 2. The van der Waals surface area contributed by atoms with Gasteiger partial charge in [-0.1, -0.05) is 0 Å². The lowest BCUT2D eigenvalue weighted by atomic mass is 9.97. The molecule has 0 aromatic rings. The molecule has 0 bridgehead atoms. The Morgan fingerprint density at radius 2 is 2.25 bits per heavy atom. The summed E-state index contributed by atoms with van der Waals surface area (Å²) in [5.41, 5.74) is 5.80. The van der Waals surface area contributed by atoms with Gasteiger partial charge in [0.05, 0.1) is 18.2 Å². The molecule has 0 aromatic heterocycles. The summed E-state index contributed by atoms with van der Waals surface area (Å²) in [6, 6.07) is 0.453. The molecule has 1 saturated heterocycles. The molecule has 1 fully saturated rings. The second-order valence-electron chi connectivity index (χ2n) is 4.88. The largest absolute Gasteiger partial charge is 0.380 e. The van der Waals surface area contributed by atoms with Crippen molar-refractivity contribution in [3.05, 3.63) is 0 Å². The summed E-state index contributed by atoms with van der Waals surface area (Å²) in [6.45, 7) is 9.18. The van der Waals surface area contributed by atoms with Crippen LogP contribution in [0.3, 0.4) is 0 Å². The molecule has 0 amide bonds. The van der Waals surface area contributed by atoms with Crippen molar-refractivity contribution in [2.75, 3.05) is 33.4 Å². The predicted molar refractivity (Wildman–Crippen MR) is 65.5 cm³/mol. The van der Waals surface area contributed by atoms with Gasteiger partial charge in [0.15, 0.2) is 0 Å². The molecule has 0 aliphatic carbocycles. The third-order valence-electron chi connectivity index (χ3n) is 3.74. The Kier molecular flexibility index (Phi) is 5.18. The van der Waals surface area contributed by atoms with Gasteiger partial charge in [0.25, 0.3) is 0 Å². The molecule has 4 heteroatoms. The fourth-order valence-electron chi connectivity index (χ4n) is 2.26. The number of likely N-dealkylation sites (N-methyl/N-ethyl adjacent to an activating group) is 1. The Morgan fingerprint density at radius 3 is 2.69 bits per heavy atom. The molecular formula is C12H26N2O2. The topological polar surface area (TPSA) is 47.7 Å². The van der Waals surface area contributed by atoms with E-state index in [1.165, 1.54) is 0 Å². The highest BCUT2D eigenvalue weighted by molar-refractivity contribution is 4.93. The normalized spacial score (nSPS) is 29.6. The quantitative estimate of drug-likeness (QED) is 0.735. The molecule has 0 aromatic carbocycles. The van der Waals surface area contributed by atoms with Gasteiger partial charge in [0, 0.05) is 25.8 Å². The summed E-state index contributed by atoms with van der Waals surface area (Å²) in [6.07, 6.45) is 1.37. The van der Waals surface area contributed by atoms with E-state index in [1.54, 1.807) is 0 Å². The fourth-order valence-corrected chi connectivity index (χ4v) is 2.26. The van der Waals surface area contributed by atoms with Gasteiger partial charge in [-0.15, -0.1) is 0 Å². The molecule has 4 nitrogen and oxygen atoms in total. The molecule has 3 unspecified atom stereocenters. The molecule has 1 rings (SSSR count). The van der Waals surface area contributed by atoms with Crippen LogP contribution in [0, 0.1) is 0 Å². The third-order valence-corrected chi connectivity index (χ3v) is 3.74. The van der Waals surface area contributed by atoms with E-state index in [-0.39, 0.29) is 11.6 Å². The van der Waals surface area contributed by atoms with Gasteiger partial charge in [-0.05, 0) is 34.2 Å². The van der Waals surface area contributed by atoms with Crippen LogP contribution in [0.15, 0.2) is 0 Å². The second kappa shape index (κ2) is 5.96. The van der Waals surface area contributed by atoms with Crippen LogP contribution in [-0.4, -0.2) is 56.0 Å². The number of hydrogen-bond acceptors (Lipinski definition) is 4. The first-order chi connectivity index (χ1) is 7.55. The summed E-state index contributed by atoms with van der Waals surface area (Å²) in [5.74, 6) is 0. The van der Waals surface area contributed by atoms with Crippen LogP contribution in [0.1, 0.15) is 27.2 Å². The Bertz CT molecular complexity index is 213. The zero-order valence-electron chi connectivity index (χ0n) is 11.0. The highest BCUT2D eigenvalue weighted by Gasteiger charge is 2.37. The van der Waals surface area contributed by atoms with Crippen LogP contribution in [0.5, 0.6) is 0 Å². The van der Waals surface area contributed by atoms with Crippen LogP contribution < -0.4 is 5.73 Å². The highest BCUT2D eigenvalue weighted by atomic mass is 16.5. The van der Waals surface area contributed by atoms with Crippen LogP contribution in [0.2, 0.25) is 0 Å². The van der Waals surface area contributed by atoms with Crippen molar-refractivity contribution in [2.45, 2.75) is 44.9 Å². The summed E-state index contributed by atoms with van der Waals surface area (Å²) < 4.78 is 11.2. The molecule has 2 N–H and O–H groups in total. The van der Waals surface area contributed by atoms with Crippen molar-refractivity contribution in [2.24, 2.45) is 5.73 Å². The molecule has 96 valence electrons. The SMILES string of the molecule is CCOCC(C)(CN)N(C)C1CCOC1C. The summed E-state index contributed by atoms with van der Waals surface area (Å²) in [7, 11) is 2.13. The average molecular weight is 230 g/mol. The van der Waals surface area contributed by atoms with Gasteiger partial charge in [-0.25, -0.2) is 0 Å². The molecule has 0 saturated carbocycles. The Labute approximate surface area is 99.1 Å². The van der Waals surface area contributed by atoms with Crippen LogP contribution in [0.25, 0.3) is 0 Å². The van der Waals surface area contributed by atoms with E-state index < -0.39 is 0 Å². The molecule has 1 aliphatic heterocycles. The van der Waals surface area contributed by atoms with Gasteiger partial charge in [-0.3, -0.25) is 4.90 Å². The molecule has 1 aliphatic rings. The summed E-state index contributed by atoms with van der Waals surface area (Å²) in [4.78, 5) is 2.33. The lowest BCUT2D eigenvalue weighted by Crippen LogP contribution is -2.58. The molecule has 0 spiro atoms. The smallest absolute Gasteiger partial charge is 0.0703 e. The predicted octanol–water partition coefficient (Wildman–Crippen LogP) is 0.850. The zero-order chi connectivity index (χ0) is 12.2. The van der Waals surface area contributed by atoms with Crippen molar-refractivity contribution < 1.29 is 9.47 Å². The lowest BCUT2D eigenvalue weighted by molar-refractivity contribution is -0.0154. The van der Waals surface area contributed by atoms with E-state index in [0.717, 1.165) is 19.6 Å². The Balaban J connectivity index is 2.63.